The second-order valence-electron chi connectivity index (χ2n) is 9.35. The fraction of sp³-hybridized carbons (Fsp3) is 0.538. The van der Waals surface area contributed by atoms with Crippen LogP contribution in [0.1, 0.15) is 79.0 Å². The molecule has 1 saturated heterocycles. The van der Waals surface area contributed by atoms with Crippen molar-refractivity contribution in [3.63, 3.8) is 0 Å². The topological polar surface area (TPSA) is 91.4 Å². The molecular formula is C26H34N4O3S. The van der Waals surface area contributed by atoms with E-state index < -0.39 is 6.04 Å². The van der Waals surface area contributed by atoms with E-state index in [1.165, 1.54) is 17.8 Å². The molecule has 34 heavy (non-hydrogen) atoms. The molecule has 7 nitrogen and oxygen atoms in total. The molecule has 2 fully saturated rings. The Kier molecular flexibility index (Phi) is 8.11. The molecule has 4 rings (SSSR count). The third-order valence-electron chi connectivity index (χ3n) is 7.12. The number of carbonyl (C=O) groups is 3. The maximum absolute atomic E-state index is 13.8. The summed E-state index contributed by atoms with van der Waals surface area (Å²) in [6.07, 6.45) is 6.97. The Labute approximate surface area is 205 Å². The molecule has 2 aliphatic rings. The van der Waals surface area contributed by atoms with E-state index in [1.54, 1.807) is 31.5 Å². The zero-order valence-corrected chi connectivity index (χ0v) is 20.8. The lowest BCUT2D eigenvalue weighted by atomic mass is 9.83. The number of rotatable bonds is 8. The summed E-state index contributed by atoms with van der Waals surface area (Å²) in [5.41, 5.74) is 1.03. The molecule has 0 spiro atoms. The van der Waals surface area contributed by atoms with Crippen LogP contribution < -0.4 is 10.6 Å². The van der Waals surface area contributed by atoms with E-state index in [9.17, 15) is 14.4 Å². The van der Waals surface area contributed by atoms with Gasteiger partial charge in [0.25, 0.3) is 0 Å². The quantitative estimate of drug-likeness (QED) is 0.560. The fourth-order valence-electron chi connectivity index (χ4n) is 5.01. The molecule has 2 N–H and O–H groups in total. The van der Waals surface area contributed by atoms with Gasteiger partial charge < -0.3 is 15.5 Å². The number of likely N-dealkylation sites (tertiary alicyclic amines) is 1. The monoisotopic (exact) mass is 482 g/mol. The molecule has 182 valence electrons. The predicted octanol–water partition coefficient (Wildman–Crippen LogP) is 3.71. The van der Waals surface area contributed by atoms with Crippen molar-refractivity contribution < 1.29 is 14.4 Å². The minimum atomic E-state index is -0.519. The van der Waals surface area contributed by atoms with Crippen molar-refractivity contribution in [2.45, 2.75) is 70.0 Å². The summed E-state index contributed by atoms with van der Waals surface area (Å²) in [6.45, 7) is 2.45. The van der Waals surface area contributed by atoms with Crippen LogP contribution in [0.15, 0.2) is 35.7 Å². The molecule has 2 aromatic rings. The normalized spacial score (nSPS) is 20.6. The maximum atomic E-state index is 13.8. The minimum Gasteiger partial charge on any atom is -0.343 e. The number of nitrogens with zero attached hydrogens (tertiary/aromatic N) is 2. The zero-order valence-electron chi connectivity index (χ0n) is 20.0. The SMILES string of the molecule is CN[C@H](C)C(=O)NC(C(=O)N1CCC[C@@H]1c1nc(C(=O)c2ccccc2)cs1)C1CCCCC1. The molecule has 8 heteroatoms. The zero-order chi connectivity index (χ0) is 24.1. The number of amides is 2. The fourth-order valence-corrected chi connectivity index (χ4v) is 5.95. The van der Waals surface area contributed by atoms with Gasteiger partial charge in [0.2, 0.25) is 17.6 Å². The summed E-state index contributed by atoms with van der Waals surface area (Å²) in [4.78, 5) is 45.9. The third-order valence-corrected chi connectivity index (χ3v) is 8.07. The maximum Gasteiger partial charge on any atom is 0.246 e. The summed E-state index contributed by atoms with van der Waals surface area (Å²) in [7, 11) is 1.75. The van der Waals surface area contributed by atoms with Crippen LogP contribution in [-0.2, 0) is 9.59 Å². The van der Waals surface area contributed by atoms with E-state index in [4.69, 9.17) is 0 Å². The first kappa shape index (κ1) is 24.5. The van der Waals surface area contributed by atoms with Crippen molar-refractivity contribution in [3.05, 3.63) is 52.0 Å². The Morgan fingerprint density at radius 1 is 1.06 bits per heavy atom. The van der Waals surface area contributed by atoms with Crippen LogP contribution in [0.2, 0.25) is 0 Å². The molecule has 1 aromatic carbocycles. The van der Waals surface area contributed by atoms with Crippen LogP contribution >= 0.6 is 11.3 Å². The van der Waals surface area contributed by atoms with Gasteiger partial charge in [0.15, 0.2) is 0 Å². The average molecular weight is 483 g/mol. The molecule has 1 aliphatic heterocycles. The van der Waals surface area contributed by atoms with E-state index in [1.807, 2.05) is 23.1 Å². The lowest BCUT2D eigenvalue weighted by Crippen LogP contribution is -2.55. The van der Waals surface area contributed by atoms with Gasteiger partial charge in [-0.25, -0.2) is 4.98 Å². The highest BCUT2D eigenvalue weighted by atomic mass is 32.1. The first-order valence-corrected chi connectivity index (χ1v) is 13.2. The van der Waals surface area contributed by atoms with Gasteiger partial charge in [0.05, 0.1) is 12.1 Å². The Hall–Kier alpha value is -2.58. The highest BCUT2D eigenvalue weighted by Crippen LogP contribution is 2.36. The molecule has 1 saturated carbocycles. The number of hydrogen-bond donors (Lipinski definition) is 2. The largest absolute Gasteiger partial charge is 0.343 e. The van der Waals surface area contributed by atoms with Gasteiger partial charge in [-0.05, 0) is 45.6 Å². The van der Waals surface area contributed by atoms with Crippen molar-refractivity contribution in [3.8, 4) is 0 Å². The van der Waals surface area contributed by atoms with Crippen molar-refractivity contribution in [1.82, 2.24) is 20.5 Å². The Balaban J connectivity index is 1.53. The molecule has 2 heterocycles. The number of nitrogens with one attached hydrogen (secondary N) is 2. The van der Waals surface area contributed by atoms with Gasteiger partial charge >= 0.3 is 0 Å². The van der Waals surface area contributed by atoms with Gasteiger partial charge in [0.1, 0.15) is 16.7 Å². The molecule has 1 aromatic heterocycles. The summed E-state index contributed by atoms with van der Waals surface area (Å²) in [6, 6.07) is 8.10. The molecule has 1 aliphatic carbocycles. The van der Waals surface area contributed by atoms with Crippen LogP contribution in [-0.4, -0.2) is 53.2 Å². The average Bonchev–Trinajstić information content (AvgIpc) is 3.57. The Bertz CT molecular complexity index is 1000. The summed E-state index contributed by atoms with van der Waals surface area (Å²) >= 11 is 1.44. The number of likely N-dealkylation sites (N-methyl/N-ethyl adjacent to an activating group) is 1. The number of ketones is 1. The molecule has 3 atom stereocenters. The first-order valence-electron chi connectivity index (χ1n) is 12.3. The third kappa shape index (κ3) is 5.39. The van der Waals surface area contributed by atoms with E-state index in [-0.39, 0.29) is 35.6 Å². The van der Waals surface area contributed by atoms with Gasteiger partial charge in [-0.1, -0.05) is 49.6 Å². The van der Waals surface area contributed by atoms with Crippen molar-refractivity contribution in [2.75, 3.05) is 13.6 Å². The Morgan fingerprint density at radius 3 is 2.50 bits per heavy atom. The smallest absolute Gasteiger partial charge is 0.246 e. The number of carbonyl (C=O) groups excluding carboxylic acids is 3. The second kappa shape index (κ2) is 11.2. The van der Waals surface area contributed by atoms with Crippen molar-refractivity contribution in [1.29, 1.82) is 0 Å². The van der Waals surface area contributed by atoms with E-state index in [0.29, 0.717) is 17.8 Å². The highest BCUT2D eigenvalue weighted by molar-refractivity contribution is 7.10. The second-order valence-corrected chi connectivity index (χ2v) is 10.2. The lowest BCUT2D eigenvalue weighted by Gasteiger charge is -2.35. The minimum absolute atomic E-state index is 0.0165. The van der Waals surface area contributed by atoms with Gasteiger partial charge in [-0.2, -0.15) is 0 Å². The molecular weight excluding hydrogens is 448 g/mol. The van der Waals surface area contributed by atoms with Gasteiger partial charge in [0, 0.05) is 17.5 Å². The first-order chi connectivity index (χ1) is 16.5. The highest BCUT2D eigenvalue weighted by Gasteiger charge is 2.40. The summed E-state index contributed by atoms with van der Waals surface area (Å²) in [5, 5.41) is 8.62. The molecule has 0 radical (unpaired) electrons. The molecule has 2 amide bonds. The van der Waals surface area contributed by atoms with Crippen LogP contribution in [0.5, 0.6) is 0 Å². The van der Waals surface area contributed by atoms with Crippen molar-refractivity contribution >= 4 is 28.9 Å². The number of benzene rings is 1. The van der Waals surface area contributed by atoms with Crippen LogP contribution in [0.4, 0.5) is 0 Å². The number of aromatic nitrogens is 1. The van der Waals surface area contributed by atoms with Crippen LogP contribution in [0, 0.1) is 5.92 Å². The lowest BCUT2D eigenvalue weighted by molar-refractivity contribution is -0.139. The molecule has 1 unspecified atom stereocenters. The number of hydrogen-bond acceptors (Lipinski definition) is 6. The predicted molar refractivity (Wildman–Crippen MR) is 133 cm³/mol. The molecule has 0 bridgehead atoms. The van der Waals surface area contributed by atoms with Gasteiger partial charge in [-0.15, -0.1) is 11.3 Å². The summed E-state index contributed by atoms with van der Waals surface area (Å²) < 4.78 is 0. The standard InChI is InChI=1S/C26H34N4O3S/c1-17(27-2)24(32)29-22(18-10-5-3-6-11-18)26(33)30-15-9-14-21(30)25-28-20(16-34-25)23(31)19-12-7-4-8-13-19/h4,7-8,12-13,16-18,21-22,27H,3,5-6,9-11,14-15H2,1-2H3,(H,29,32)/t17-,21-,22?/m1/s1. The Morgan fingerprint density at radius 2 is 1.79 bits per heavy atom. The van der Waals surface area contributed by atoms with Crippen molar-refractivity contribution in [2.24, 2.45) is 5.92 Å². The van der Waals surface area contributed by atoms with E-state index in [0.717, 1.165) is 43.5 Å². The van der Waals surface area contributed by atoms with Crippen LogP contribution in [0.25, 0.3) is 0 Å². The van der Waals surface area contributed by atoms with Gasteiger partial charge in [-0.3, -0.25) is 14.4 Å². The van der Waals surface area contributed by atoms with E-state index >= 15 is 0 Å². The van der Waals surface area contributed by atoms with Crippen LogP contribution in [0.3, 0.4) is 0 Å². The van der Waals surface area contributed by atoms with E-state index in [2.05, 4.69) is 15.6 Å². The summed E-state index contributed by atoms with van der Waals surface area (Å²) in [5.74, 6) is -0.112. The number of thiazole rings is 1.